The van der Waals surface area contributed by atoms with Crippen molar-refractivity contribution in [1.82, 2.24) is 30.3 Å². The highest BCUT2D eigenvalue weighted by atomic mass is 127. The number of alkyl halides is 1. The van der Waals surface area contributed by atoms with E-state index in [9.17, 15) is 4.39 Å². The Hall–Kier alpha value is -1.01. The maximum absolute atomic E-state index is 12.3. The molecule has 8 nitrogen and oxygen atoms in total. The summed E-state index contributed by atoms with van der Waals surface area (Å²) in [5.74, 6) is 2.33. The second kappa shape index (κ2) is 12.4. The zero-order chi connectivity index (χ0) is 17.2. The number of ether oxygens (including phenoxy) is 1. The van der Waals surface area contributed by atoms with Crippen LogP contribution in [0.25, 0.3) is 0 Å². The van der Waals surface area contributed by atoms with Crippen LogP contribution in [0.2, 0.25) is 0 Å². The summed E-state index contributed by atoms with van der Waals surface area (Å²) in [5, 5.41) is 14.6. The average Bonchev–Trinajstić information content (AvgIpc) is 2.92. The van der Waals surface area contributed by atoms with E-state index in [2.05, 4.69) is 30.7 Å². The molecule has 2 N–H and O–H groups in total. The summed E-state index contributed by atoms with van der Waals surface area (Å²) in [5.41, 5.74) is 0. The lowest BCUT2D eigenvalue weighted by Gasteiger charge is -2.26. The van der Waals surface area contributed by atoms with Crippen LogP contribution >= 0.6 is 24.0 Å². The van der Waals surface area contributed by atoms with E-state index in [-0.39, 0.29) is 30.7 Å². The lowest BCUT2D eigenvalue weighted by Crippen LogP contribution is -2.44. The molecule has 1 aliphatic rings. The van der Waals surface area contributed by atoms with Gasteiger partial charge in [-0.3, -0.25) is 9.29 Å². The first kappa shape index (κ1) is 22.0. The third-order valence-electron chi connectivity index (χ3n) is 3.99. The molecule has 1 saturated heterocycles. The van der Waals surface area contributed by atoms with Crippen LogP contribution in [-0.4, -0.2) is 78.2 Å². The molecule has 25 heavy (non-hydrogen) atoms. The molecular weight excluding hydrogens is 440 g/mol. The number of nitrogens with zero attached hydrogens (tertiary/aromatic N) is 5. The molecule has 1 aliphatic heterocycles. The maximum Gasteiger partial charge on any atom is 0.191 e. The molecule has 1 fully saturated rings. The predicted molar refractivity (Wildman–Crippen MR) is 106 cm³/mol. The third-order valence-corrected chi connectivity index (χ3v) is 3.99. The highest BCUT2D eigenvalue weighted by molar-refractivity contribution is 14.0. The van der Waals surface area contributed by atoms with Crippen molar-refractivity contribution in [2.24, 2.45) is 12.0 Å². The van der Waals surface area contributed by atoms with Crippen molar-refractivity contribution in [2.75, 3.05) is 52.6 Å². The van der Waals surface area contributed by atoms with Gasteiger partial charge in [0.15, 0.2) is 11.8 Å². The number of aryl methyl sites for hydroxylation is 1. The topological polar surface area (TPSA) is 79.6 Å². The van der Waals surface area contributed by atoms with E-state index in [0.29, 0.717) is 25.5 Å². The van der Waals surface area contributed by atoms with Gasteiger partial charge in [-0.2, -0.15) is 0 Å². The Kier molecular flexibility index (Phi) is 10.9. The predicted octanol–water partition coefficient (Wildman–Crippen LogP) is 0.469. The summed E-state index contributed by atoms with van der Waals surface area (Å²) in [4.78, 5) is 6.88. The molecule has 2 heterocycles. The van der Waals surface area contributed by atoms with E-state index in [0.717, 1.165) is 51.0 Å². The molecule has 144 valence electrons. The Morgan fingerprint density at radius 1 is 1.24 bits per heavy atom. The van der Waals surface area contributed by atoms with Crippen molar-refractivity contribution in [2.45, 2.75) is 19.9 Å². The fraction of sp³-hybridized carbons (Fsp3) is 0.800. The monoisotopic (exact) mass is 469 g/mol. The normalized spacial score (nSPS) is 15.7. The minimum atomic E-state index is -0.337. The Labute approximate surface area is 165 Å². The van der Waals surface area contributed by atoms with Gasteiger partial charge in [-0.1, -0.05) is 0 Å². The van der Waals surface area contributed by atoms with Crippen LogP contribution in [-0.2, 0) is 18.3 Å². The Morgan fingerprint density at radius 3 is 2.60 bits per heavy atom. The molecule has 2 rings (SSSR count). The van der Waals surface area contributed by atoms with Gasteiger partial charge in [-0.05, 0) is 13.3 Å². The number of halogens is 2. The third kappa shape index (κ3) is 7.82. The molecule has 0 bridgehead atoms. The lowest BCUT2D eigenvalue weighted by molar-refractivity contribution is 0.0389. The van der Waals surface area contributed by atoms with Crippen molar-refractivity contribution in [1.29, 1.82) is 0 Å². The fourth-order valence-electron chi connectivity index (χ4n) is 2.34. The average molecular weight is 469 g/mol. The molecule has 0 aliphatic carbocycles. The number of guanidine groups is 1. The van der Waals surface area contributed by atoms with Crippen molar-refractivity contribution in [3.63, 3.8) is 0 Å². The SMILES string of the molecule is Cc1nnc(CN=C(NCCCF)NCCN2CCOCC2)n1C.I. The van der Waals surface area contributed by atoms with Gasteiger partial charge in [-0.15, -0.1) is 34.2 Å². The van der Waals surface area contributed by atoms with Gasteiger partial charge in [0.2, 0.25) is 0 Å². The second-order valence-corrected chi connectivity index (χ2v) is 5.74. The first-order valence-corrected chi connectivity index (χ1v) is 8.44. The first-order valence-electron chi connectivity index (χ1n) is 8.44. The highest BCUT2D eigenvalue weighted by Crippen LogP contribution is 1.99. The van der Waals surface area contributed by atoms with Gasteiger partial charge in [0.05, 0.1) is 19.9 Å². The molecule has 0 unspecified atom stereocenters. The molecule has 1 aromatic heterocycles. The van der Waals surface area contributed by atoms with Gasteiger partial charge < -0.3 is 19.9 Å². The lowest BCUT2D eigenvalue weighted by atomic mass is 10.4. The van der Waals surface area contributed by atoms with Crippen LogP contribution in [0.3, 0.4) is 0 Å². The van der Waals surface area contributed by atoms with Gasteiger partial charge >= 0.3 is 0 Å². The second-order valence-electron chi connectivity index (χ2n) is 5.74. The maximum atomic E-state index is 12.3. The molecule has 0 spiro atoms. The van der Waals surface area contributed by atoms with Crippen LogP contribution in [0, 0.1) is 6.92 Å². The summed E-state index contributed by atoms with van der Waals surface area (Å²) >= 11 is 0. The Balaban J connectivity index is 0.00000312. The van der Waals surface area contributed by atoms with Crippen molar-refractivity contribution in [3.05, 3.63) is 11.6 Å². The number of hydrogen-bond donors (Lipinski definition) is 2. The van der Waals surface area contributed by atoms with E-state index in [4.69, 9.17) is 4.74 Å². The Bertz CT molecular complexity index is 520. The van der Waals surface area contributed by atoms with Crippen molar-refractivity contribution >= 4 is 29.9 Å². The number of rotatable bonds is 8. The zero-order valence-corrected chi connectivity index (χ0v) is 17.3. The molecule has 0 saturated carbocycles. The molecule has 0 amide bonds. The van der Waals surface area contributed by atoms with Crippen molar-refractivity contribution < 1.29 is 9.13 Å². The number of aliphatic imine (C=N–C) groups is 1. The molecule has 0 atom stereocenters. The molecule has 0 aromatic carbocycles. The van der Waals surface area contributed by atoms with Crippen LogP contribution in [0.1, 0.15) is 18.1 Å². The van der Waals surface area contributed by atoms with Gasteiger partial charge in [0.1, 0.15) is 12.4 Å². The largest absolute Gasteiger partial charge is 0.379 e. The summed E-state index contributed by atoms with van der Waals surface area (Å²) in [6, 6.07) is 0. The number of aromatic nitrogens is 3. The molecular formula is C15H29FIN7O. The summed E-state index contributed by atoms with van der Waals surface area (Å²) in [7, 11) is 1.92. The minimum absolute atomic E-state index is 0. The quantitative estimate of drug-likeness (QED) is 0.250. The van der Waals surface area contributed by atoms with Crippen LogP contribution in [0.15, 0.2) is 4.99 Å². The number of morpholine rings is 1. The van der Waals surface area contributed by atoms with E-state index >= 15 is 0 Å². The molecule has 1 aromatic rings. The van der Waals surface area contributed by atoms with Gasteiger partial charge in [0, 0.05) is 39.8 Å². The van der Waals surface area contributed by atoms with Gasteiger partial charge in [-0.25, -0.2) is 4.99 Å². The number of nitrogens with one attached hydrogen (secondary N) is 2. The van der Waals surface area contributed by atoms with Crippen LogP contribution < -0.4 is 10.6 Å². The highest BCUT2D eigenvalue weighted by Gasteiger charge is 2.10. The number of hydrogen-bond acceptors (Lipinski definition) is 5. The first-order chi connectivity index (χ1) is 11.7. The summed E-state index contributed by atoms with van der Waals surface area (Å²) < 4.78 is 19.6. The summed E-state index contributed by atoms with van der Waals surface area (Å²) in [6.45, 7) is 7.76. The van der Waals surface area contributed by atoms with E-state index in [1.54, 1.807) is 0 Å². The van der Waals surface area contributed by atoms with Crippen LogP contribution in [0.5, 0.6) is 0 Å². The minimum Gasteiger partial charge on any atom is -0.379 e. The fourth-order valence-corrected chi connectivity index (χ4v) is 2.34. The zero-order valence-electron chi connectivity index (χ0n) is 15.0. The van der Waals surface area contributed by atoms with Gasteiger partial charge in [0.25, 0.3) is 0 Å². The van der Waals surface area contributed by atoms with Crippen LogP contribution in [0.4, 0.5) is 4.39 Å². The van der Waals surface area contributed by atoms with E-state index < -0.39 is 0 Å². The Morgan fingerprint density at radius 2 is 1.96 bits per heavy atom. The van der Waals surface area contributed by atoms with E-state index in [1.165, 1.54) is 0 Å². The standard InChI is InChI=1S/C15H28FN7O.HI/c1-13-20-21-14(22(13)2)12-19-15(17-5-3-4-16)18-6-7-23-8-10-24-11-9-23;/h3-12H2,1-2H3,(H2,17,18,19);1H. The summed E-state index contributed by atoms with van der Waals surface area (Å²) in [6.07, 6.45) is 0.466. The smallest absolute Gasteiger partial charge is 0.191 e. The molecule has 0 radical (unpaired) electrons. The molecule has 10 heteroatoms. The van der Waals surface area contributed by atoms with Crippen molar-refractivity contribution in [3.8, 4) is 0 Å². The van der Waals surface area contributed by atoms with E-state index in [1.807, 2.05) is 18.5 Å².